The Morgan fingerprint density at radius 3 is 2.91 bits per heavy atom. The average Bonchev–Trinajstić information content (AvgIpc) is 3.48. The lowest BCUT2D eigenvalue weighted by atomic mass is 9.98. The summed E-state index contributed by atoms with van der Waals surface area (Å²) < 4.78 is 9.64. The molecule has 0 bridgehead atoms. The van der Waals surface area contributed by atoms with E-state index in [1.165, 1.54) is 11.1 Å². The summed E-state index contributed by atoms with van der Waals surface area (Å²) in [6, 6.07) is 11.6. The van der Waals surface area contributed by atoms with Crippen LogP contribution >= 0.6 is 11.9 Å². The van der Waals surface area contributed by atoms with Crippen LogP contribution in [0.5, 0.6) is 5.88 Å². The molecule has 0 fully saturated rings. The molecule has 0 atom stereocenters. The standard InChI is InChI=1S/C23H24N6O2S/c1-23(2,14-24)29-12-10-20(27-29)32-28-22(30)26-21-17-6-4-5-15(17)7-8-18(21)16-9-11-25-19(13-16)31-3/h7-13H,4-6H2,1-3H3,(H2,26,28,30). The molecule has 1 aromatic carbocycles. The van der Waals surface area contributed by atoms with Crippen LogP contribution in [0.15, 0.2) is 47.8 Å². The molecule has 2 aromatic heterocycles. The SMILES string of the molecule is COc1cc(-c2ccc3c(c2NC(=O)NSc2ccn(C(C)(C)C#N)n2)CCC3)ccn1. The fourth-order valence-electron chi connectivity index (χ4n) is 3.70. The van der Waals surface area contributed by atoms with Gasteiger partial charge in [0.05, 0.1) is 18.9 Å². The monoisotopic (exact) mass is 448 g/mol. The lowest BCUT2D eigenvalue weighted by molar-refractivity contribution is 0.257. The summed E-state index contributed by atoms with van der Waals surface area (Å²) in [7, 11) is 1.58. The number of aryl methyl sites for hydroxylation is 1. The quantitative estimate of drug-likeness (QED) is 0.537. The number of benzene rings is 1. The maximum Gasteiger partial charge on any atom is 0.329 e. The molecule has 0 spiro atoms. The van der Waals surface area contributed by atoms with E-state index in [9.17, 15) is 10.1 Å². The first-order chi connectivity index (χ1) is 15.4. The Bertz CT molecular complexity index is 1200. The van der Waals surface area contributed by atoms with Crippen molar-refractivity contribution >= 4 is 23.7 Å². The minimum atomic E-state index is -0.758. The van der Waals surface area contributed by atoms with E-state index in [4.69, 9.17) is 4.74 Å². The van der Waals surface area contributed by atoms with Gasteiger partial charge in [-0.25, -0.2) is 9.78 Å². The first-order valence-electron chi connectivity index (χ1n) is 10.3. The van der Waals surface area contributed by atoms with Crippen molar-refractivity contribution in [3.8, 4) is 23.1 Å². The van der Waals surface area contributed by atoms with Gasteiger partial charge in [-0.2, -0.15) is 10.4 Å². The summed E-state index contributed by atoms with van der Waals surface area (Å²) in [4.78, 5) is 17.0. The molecule has 2 amide bonds. The number of hydrogen-bond acceptors (Lipinski definition) is 6. The van der Waals surface area contributed by atoms with Crippen LogP contribution in [0.1, 0.15) is 31.4 Å². The number of ether oxygens (including phenoxy) is 1. The number of rotatable bonds is 6. The van der Waals surface area contributed by atoms with Gasteiger partial charge < -0.3 is 10.1 Å². The Kier molecular flexibility index (Phi) is 6.06. The van der Waals surface area contributed by atoms with Crippen LogP contribution in [-0.4, -0.2) is 27.9 Å². The largest absolute Gasteiger partial charge is 0.481 e. The molecule has 0 radical (unpaired) electrons. The Morgan fingerprint density at radius 1 is 1.28 bits per heavy atom. The summed E-state index contributed by atoms with van der Waals surface area (Å²) in [6.07, 6.45) is 6.41. The van der Waals surface area contributed by atoms with E-state index in [0.717, 1.165) is 48.0 Å². The molecule has 4 rings (SSSR count). The number of nitrogens with zero attached hydrogens (tertiary/aromatic N) is 4. The van der Waals surface area contributed by atoms with E-state index in [1.54, 1.807) is 44.1 Å². The van der Waals surface area contributed by atoms with Crippen molar-refractivity contribution in [2.24, 2.45) is 0 Å². The molecule has 8 nitrogen and oxygen atoms in total. The first kappa shape index (κ1) is 21.7. The number of methoxy groups -OCH3 is 1. The highest BCUT2D eigenvalue weighted by Crippen LogP contribution is 2.38. The summed E-state index contributed by atoms with van der Waals surface area (Å²) in [5, 5.41) is 17.3. The van der Waals surface area contributed by atoms with Crippen LogP contribution in [0.2, 0.25) is 0 Å². The highest BCUT2D eigenvalue weighted by Gasteiger charge is 2.22. The van der Waals surface area contributed by atoms with Gasteiger partial charge in [-0.15, -0.1) is 0 Å². The molecule has 1 aliphatic rings. The van der Waals surface area contributed by atoms with E-state index < -0.39 is 5.54 Å². The lowest BCUT2D eigenvalue weighted by Gasteiger charge is -2.17. The summed E-state index contributed by atoms with van der Waals surface area (Å²) in [5.41, 5.74) is 4.32. The zero-order valence-corrected chi connectivity index (χ0v) is 19.0. The predicted molar refractivity (Wildman–Crippen MR) is 123 cm³/mol. The maximum absolute atomic E-state index is 12.8. The third-order valence-corrected chi connectivity index (χ3v) is 6.15. The molecule has 32 heavy (non-hydrogen) atoms. The second-order valence-corrected chi connectivity index (χ2v) is 8.82. The molecular formula is C23H24N6O2S. The van der Waals surface area contributed by atoms with Crippen molar-refractivity contribution in [3.63, 3.8) is 0 Å². The van der Waals surface area contributed by atoms with Crippen LogP contribution < -0.4 is 14.8 Å². The third kappa shape index (κ3) is 4.41. The summed E-state index contributed by atoms with van der Waals surface area (Å²) in [6.45, 7) is 3.56. The zero-order valence-electron chi connectivity index (χ0n) is 18.2. The van der Waals surface area contributed by atoms with Crippen LogP contribution in [0.25, 0.3) is 11.1 Å². The van der Waals surface area contributed by atoms with E-state index in [1.807, 2.05) is 18.2 Å². The molecule has 9 heteroatoms. The van der Waals surface area contributed by atoms with Crippen molar-refractivity contribution in [2.75, 3.05) is 12.4 Å². The Labute approximate surface area is 191 Å². The van der Waals surface area contributed by atoms with E-state index in [0.29, 0.717) is 10.9 Å². The highest BCUT2D eigenvalue weighted by atomic mass is 32.2. The van der Waals surface area contributed by atoms with Gasteiger partial charge in [-0.05, 0) is 61.9 Å². The number of urea groups is 1. The molecule has 0 aliphatic heterocycles. The second kappa shape index (κ2) is 8.93. The van der Waals surface area contributed by atoms with Crippen molar-refractivity contribution < 1.29 is 9.53 Å². The number of carbonyl (C=O) groups excluding carboxylic acids is 1. The molecule has 2 heterocycles. The van der Waals surface area contributed by atoms with E-state index in [-0.39, 0.29) is 6.03 Å². The van der Waals surface area contributed by atoms with Crippen molar-refractivity contribution in [1.29, 1.82) is 5.26 Å². The van der Waals surface area contributed by atoms with Crippen LogP contribution in [0.3, 0.4) is 0 Å². The van der Waals surface area contributed by atoms with Crippen molar-refractivity contribution in [2.45, 2.75) is 43.7 Å². The fraction of sp³-hybridized carbons (Fsp3) is 0.304. The van der Waals surface area contributed by atoms with E-state index >= 15 is 0 Å². The number of fused-ring (bicyclic) bond motifs is 1. The van der Waals surface area contributed by atoms with Gasteiger partial charge >= 0.3 is 6.03 Å². The molecule has 164 valence electrons. The Hall–Kier alpha value is -3.51. The number of anilines is 1. The average molecular weight is 449 g/mol. The normalized spacial score (nSPS) is 12.7. The van der Waals surface area contributed by atoms with Crippen molar-refractivity contribution in [1.82, 2.24) is 19.5 Å². The van der Waals surface area contributed by atoms with Gasteiger partial charge in [-0.1, -0.05) is 12.1 Å². The topological polar surface area (TPSA) is 105 Å². The van der Waals surface area contributed by atoms with Crippen LogP contribution in [0.4, 0.5) is 10.5 Å². The molecule has 0 saturated heterocycles. The molecule has 2 N–H and O–H groups in total. The Balaban J connectivity index is 1.54. The number of pyridine rings is 1. The number of carbonyl (C=O) groups is 1. The summed E-state index contributed by atoms with van der Waals surface area (Å²) >= 11 is 1.10. The highest BCUT2D eigenvalue weighted by molar-refractivity contribution is 7.97. The number of nitriles is 1. The third-order valence-electron chi connectivity index (χ3n) is 5.44. The van der Waals surface area contributed by atoms with E-state index in [2.05, 4.69) is 32.3 Å². The maximum atomic E-state index is 12.8. The van der Waals surface area contributed by atoms with Gasteiger partial charge in [0.2, 0.25) is 5.88 Å². The smallest absolute Gasteiger partial charge is 0.329 e. The second-order valence-electron chi connectivity index (χ2n) is 7.99. The molecule has 0 saturated carbocycles. The van der Waals surface area contributed by atoms with Gasteiger partial charge in [0.1, 0.15) is 10.6 Å². The molecular weight excluding hydrogens is 424 g/mol. The zero-order chi connectivity index (χ0) is 22.7. The minimum Gasteiger partial charge on any atom is -0.481 e. The van der Waals surface area contributed by atoms with Gasteiger partial charge in [0, 0.05) is 36.0 Å². The number of nitrogens with one attached hydrogen (secondary N) is 2. The predicted octanol–water partition coefficient (Wildman–Crippen LogP) is 4.53. The number of amides is 2. The summed E-state index contributed by atoms with van der Waals surface area (Å²) in [5.74, 6) is 0.518. The minimum absolute atomic E-state index is 0.341. The fourth-order valence-corrected chi connectivity index (χ4v) is 4.21. The lowest BCUT2D eigenvalue weighted by Crippen LogP contribution is -2.25. The van der Waals surface area contributed by atoms with Crippen molar-refractivity contribution in [3.05, 3.63) is 53.9 Å². The van der Waals surface area contributed by atoms with Crippen LogP contribution in [0, 0.1) is 11.3 Å². The van der Waals surface area contributed by atoms with Gasteiger partial charge in [-0.3, -0.25) is 9.40 Å². The Morgan fingerprint density at radius 2 is 2.12 bits per heavy atom. The molecule has 1 aliphatic carbocycles. The van der Waals surface area contributed by atoms with Gasteiger partial charge in [0.25, 0.3) is 0 Å². The number of hydrogen-bond donors (Lipinski definition) is 2. The first-order valence-corrected chi connectivity index (χ1v) is 11.1. The van der Waals surface area contributed by atoms with Gasteiger partial charge in [0.15, 0.2) is 0 Å². The molecule has 3 aromatic rings. The molecule has 0 unspecified atom stereocenters. The van der Waals surface area contributed by atoms with Crippen LogP contribution in [-0.2, 0) is 18.4 Å². The number of aromatic nitrogens is 3.